The van der Waals surface area contributed by atoms with Crippen LogP contribution in [0.3, 0.4) is 0 Å². The van der Waals surface area contributed by atoms with Crippen LogP contribution >= 0.6 is 0 Å². The topological polar surface area (TPSA) is 47.0 Å². The van der Waals surface area contributed by atoms with E-state index in [9.17, 15) is 9.90 Å². The molecule has 4 rings (SSSR count). The summed E-state index contributed by atoms with van der Waals surface area (Å²) in [6, 6.07) is 8.81. The number of likely N-dealkylation sites (tertiary alicyclic amines) is 1. The van der Waals surface area contributed by atoms with Crippen molar-refractivity contribution in [2.45, 2.75) is 43.8 Å². The molecule has 2 bridgehead atoms. The first-order valence-electron chi connectivity index (χ1n) is 11.5. The predicted molar refractivity (Wildman–Crippen MR) is 125 cm³/mol. The van der Waals surface area contributed by atoms with Crippen molar-refractivity contribution in [2.24, 2.45) is 5.92 Å². The van der Waals surface area contributed by atoms with Crippen molar-refractivity contribution < 1.29 is 9.90 Å². The molecule has 0 spiro atoms. The Morgan fingerprint density at radius 1 is 1.29 bits per heavy atom. The third-order valence-electron chi connectivity index (χ3n) is 7.00. The molecule has 0 saturated carbocycles. The van der Waals surface area contributed by atoms with Crippen LogP contribution in [0.4, 0.5) is 0 Å². The summed E-state index contributed by atoms with van der Waals surface area (Å²) in [5.74, 6) is 0.363. The minimum absolute atomic E-state index is 0.0903. The molecule has 5 nitrogen and oxygen atoms in total. The van der Waals surface area contributed by atoms with Gasteiger partial charge in [-0.25, -0.2) is 0 Å². The second-order valence-electron chi connectivity index (χ2n) is 9.30. The van der Waals surface area contributed by atoms with E-state index < -0.39 is 0 Å². The van der Waals surface area contributed by atoms with Gasteiger partial charge < -0.3 is 10.0 Å². The van der Waals surface area contributed by atoms with Crippen LogP contribution in [-0.4, -0.2) is 71.5 Å². The van der Waals surface area contributed by atoms with E-state index in [-0.39, 0.29) is 17.9 Å². The number of phenols is 1. The van der Waals surface area contributed by atoms with Gasteiger partial charge in [0.25, 0.3) is 0 Å². The molecule has 2 saturated heterocycles. The molecule has 31 heavy (non-hydrogen) atoms. The third-order valence-corrected chi connectivity index (χ3v) is 7.00. The van der Waals surface area contributed by atoms with Crippen molar-refractivity contribution in [3.05, 3.63) is 66.3 Å². The van der Waals surface area contributed by atoms with Crippen LogP contribution in [0.5, 0.6) is 5.75 Å². The van der Waals surface area contributed by atoms with Gasteiger partial charge in [0.1, 0.15) is 5.75 Å². The summed E-state index contributed by atoms with van der Waals surface area (Å²) in [4.78, 5) is 19.3. The fourth-order valence-electron chi connectivity index (χ4n) is 5.54. The lowest BCUT2D eigenvalue weighted by Crippen LogP contribution is -2.42. The number of nitrogens with zero attached hydrogens (tertiary/aromatic N) is 3. The van der Waals surface area contributed by atoms with Crippen LogP contribution in [0, 0.1) is 5.92 Å². The van der Waals surface area contributed by atoms with Crippen LogP contribution in [0.2, 0.25) is 0 Å². The molecule has 1 amide bonds. The largest absolute Gasteiger partial charge is 0.508 e. The van der Waals surface area contributed by atoms with Crippen LogP contribution < -0.4 is 0 Å². The van der Waals surface area contributed by atoms with E-state index in [0.29, 0.717) is 17.8 Å². The lowest BCUT2D eigenvalue weighted by atomic mass is 9.87. The molecular formula is C26H35N3O2. The number of rotatable bonds is 6. The number of amides is 1. The van der Waals surface area contributed by atoms with Crippen molar-refractivity contribution >= 4 is 5.91 Å². The smallest absolute Gasteiger partial charge is 0.229 e. The predicted octanol–water partition coefficient (Wildman–Crippen LogP) is 3.75. The van der Waals surface area contributed by atoms with Gasteiger partial charge in [-0.15, -0.1) is 6.58 Å². The fraction of sp³-hybridized carbons (Fsp3) is 0.500. The van der Waals surface area contributed by atoms with Crippen LogP contribution in [0.1, 0.15) is 37.3 Å². The molecule has 0 aromatic heterocycles. The highest BCUT2D eigenvalue weighted by Gasteiger charge is 2.42. The average Bonchev–Trinajstić information content (AvgIpc) is 3.04. The average molecular weight is 422 g/mol. The Labute approximate surface area is 186 Å². The molecule has 1 aromatic rings. The number of allylic oxidation sites excluding steroid dienone is 1. The number of phenolic OH excluding ortho intramolecular Hbond substituents is 1. The Bertz CT molecular complexity index is 875. The summed E-state index contributed by atoms with van der Waals surface area (Å²) in [6.07, 6.45) is 12.8. The molecule has 3 aliphatic rings. The molecule has 2 aliphatic heterocycles. The molecule has 4 unspecified atom stereocenters. The number of hydrogen-bond acceptors (Lipinski definition) is 4. The van der Waals surface area contributed by atoms with Crippen LogP contribution in [0.15, 0.2) is 60.7 Å². The van der Waals surface area contributed by atoms with Gasteiger partial charge in [0.05, 0.1) is 12.0 Å². The molecule has 1 aliphatic carbocycles. The molecule has 4 atom stereocenters. The zero-order chi connectivity index (χ0) is 22.0. The summed E-state index contributed by atoms with van der Waals surface area (Å²) in [5.41, 5.74) is 2.37. The highest BCUT2D eigenvalue weighted by Crippen LogP contribution is 2.43. The molecule has 166 valence electrons. The third kappa shape index (κ3) is 4.63. The lowest BCUT2D eigenvalue weighted by Gasteiger charge is -2.38. The van der Waals surface area contributed by atoms with E-state index in [1.807, 2.05) is 32.3 Å². The summed E-state index contributed by atoms with van der Waals surface area (Å²) >= 11 is 0. The summed E-state index contributed by atoms with van der Waals surface area (Å²) in [7, 11) is 3.63. The van der Waals surface area contributed by atoms with Crippen molar-refractivity contribution in [1.82, 2.24) is 14.7 Å². The maximum absolute atomic E-state index is 12.4. The zero-order valence-electron chi connectivity index (χ0n) is 18.8. The Morgan fingerprint density at radius 3 is 2.77 bits per heavy atom. The molecule has 1 aromatic carbocycles. The maximum Gasteiger partial charge on any atom is 0.229 e. The van der Waals surface area contributed by atoms with Gasteiger partial charge in [-0.1, -0.05) is 36.4 Å². The minimum atomic E-state index is -0.0903. The van der Waals surface area contributed by atoms with E-state index in [1.54, 1.807) is 11.0 Å². The molecule has 0 radical (unpaired) electrons. The quantitative estimate of drug-likeness (QED) is 0.711. The Morgan fingerprint density at radius 2 is 2.10 bits per heavy atom. The number of carbonyl (C=O) groups is 1. The number of fused-ring (bicyclic) bond motifs is 2. The molecule has 5 heteroatoms. The Kier molecular flexibility index (Phi) is 6.63. The van der Waals surface area contributed by atoms with Gasteiger partial charge in [0.2, 0.25) is 5.91 Å². The summed E-state index contributed by atoms with van der Waals surface area (Å²) < 4.78 is 0. The van der Waals surface area contributed by atoms with Gasteiger partial charge >= 0.3 is 0 Å². The van der Waals surface area contributed by atoms with Gasteiger partial charge in [0, 0.05) is 45.8 Å². The highest BCUT2D eigenvalue weighted by atomic mass is 16.3. The van der Waals surface area contributed by atoms with E-state index in [2.05, 4.69) is 40.7 Å². The zero-order valence-corrected chi connectivity index (χ0v) is 18.8. The SMILES string of the molecule is C=CCN1CCC2CCC(C1)N2C(C1=CCC(C(=O)N(C)C)C=C1)c1cccc(O)c1. The van der Waals surface area contributed by atoms with Crippen LogP contribution in [-0.2, 0) is 4.79 Å². The Hall–Kier alpha value is -2.37. The highest BCUT2D eigenvalue weighted by molar-refractivity contribution is 5.80. The fourth-order valence-corrected chi connectivity index (χ4v) is 5.54. The molecule has 2 heterocycles. The number of carbonyl (C=O) groups excluding carboxylic acids is 1. The van der Waals surface area contributed by atoms with Gasteiger partial charge in [-0.3, -0.25) is 14.6 Å². The number of hydrogen-bond donors (Lipinski definition) is 1. The van der Waals surface area contributed by atoms with Gasteiger partial charge in [0.15, 0.2) is 0 Å². The summed E-state index contributed by atoms with van der Waals surface area (Å²) in [5, 5.41) is 10.2. The first-order valence-corrected chi connectivity index (χ1v) is 11.5. The first-order chi connectivity index (χ1) is 15.0. The molecule has 2 fully saturated rings. The molecule has 1 N–H and O–H groups in total. The number of benzene rings is 1. The van der Waals surface area contributed by atoms with E-state index in [0.717, 1.165) is 38.0 Å². The van der Waals surface area contributed by atoms with Crippen molar-refractivity contribution in [2.75, 3.05) is 33.7 Å². The van der Waals surface area contributed by atoms with Crippen molar-refractivity contribution in [3.8, 4) is 5.75 Å². The summed E-state index contributed by atoms with van der Waals surface area (Å²) in [6.45, 7) is 7.02. The van der Waals surface area contributed by atoms with E-state index in [1.165, 1.54) is 18.4 Å². The van der Waals surface area contributed by atoms with E-state index in [4.69, 9.17) is 0 Å². The second-order valence-corrected chi connectivity index (χ2v) is 9.30. The van der Waals surface area contributed by atoms with Gasteiger partial charge in [-0.05, 0) is 49.0 Å². The maximum atomic E-state index is 12.4. The molecular weight excluding hydrogens is 386 g/mol. The lowest BCUT2D eigenvalue weighted by molar-refractivity contribution is -0.131. The second kappa shape index (κ2) is 9.41. The van der Waals surface area contributed by atoms with Gasteiger partial charge in [-0.2, -0.15) is 0 Å². The van der Waals surface area contributed by atoms with Crippen molar-refractivity contribution in [3.63, 3.8) is 0 Å². The van der Waals surface area contributed by atoms with Crippen molar-refractivity contribution in [1.29, 1.82) is 0 Å². The monoisotopic (exact) mass is 421 g/mol. The Balaban J connectivity index is 1.66. The number of aromatic hydroxyl groups is 1. The normalized spacial score (nSPS) is 27.4. The first kappa shape index (κ1) is 21.8. The minimum Gasteiger partial charge on any atom is -0.508 e. The van der Waals surface area contributed by atoms with Crippen LogP contribution in [0.25, 0.3) is 0 Å². The van der Waals surface area contributed by atoms with E-state index >= 15 is 0 Å². The standard InChI is InChI=1S/C26H35N3O2/c1-4-15-28-16-14-22-12-13-23(18-28)29(22)25(21-6-5-7-24(30)17-21)19-8-10-20(11-9-19)26(31)27(2)3/h4-10,17,20,22-23,25,30H,1,11-16,18H2,2-3H3.